The van der Waals surface area contributed by atoms with Gasteiger partial charge in [-0.2, -0.15) is 5.10 Å². The average molecular weight is 469 g/mol. The number of benzene rings is 3. The number of thioether (sulfide) groups is 1. The zero-order valence-corrected chi connectivity index (χ0v) is 19.6. The second kappa shape index (κ2) is 9.97. The van der Waals surface area contributed by atoms with E-state index in [0.717, 1.165) is 27.6 Å². The standard InChI is InChI=1S/C27H24N4O2S/c1-2-33-26(32)22-11-14-25-24(17-22)29-27(30(25)18-20-7-4-3-5-8-20)34-19-21-9-12-23(13-10-21)31-16-6-15-28-31/h3-17H,2,18-19H2,1H3. The lowest BCUT2D eigenvalue weighted by molar-refractivity contribution is 0.0526. The normalized spacial score (nSPS) is 11.1. The van der Waals surface area contributed by atoms with E-state index in [0.29, 0.717) is 18.7 Å². The van der Waals surface area contributed by atoms with Crippen LogP contribution in [0, 0.1) is 0 Å². The predicted molar refractivity (Wildman–Crippen MR) is 134 cm³/mol. The minimum Gasteiger partial charge on any atom is -0.462 e. The van der Waals surface area contributed by atoms with Crippen molar-refractivity contribution in [3.63, 3.8) is 0 Å². The molecule has 34 heavy (non-hydrogen) atoms. The van der Waals surface area contributed by atoms with Crippen molar-refractivity contribution in [2.24, 2.45) is 0 Å². The van der Waals surface area contributed by atoms with Crippen molar-refractivity contribution in [3.05, 3.63) is 108 Å². The molecule has 0 aliphatic heterocycles. The van der Waals surface area contributed by atoms with Crippen LogP contribution in [0.3, 0.4) is 0 Å². The van der Waals surface area contributed by atoms with Gasteiger partial charge in [0.2, 0.25) is 0 Å². The van der Waals surface area contributed by atoms with Crippen molar-refractivity contribution in [1.82, 2.24) is 19.3 Å². The first-order valence-corrected chi connectivity index (χ1v) is 12.1. The quantitative estimate of drug-likeness (QED) is 0.215. The summed E-state index contributed by atoms with van der Waals surface area (Å²) in [6, 6.07) is 26.2. The summed E-state index contributed by atoms with van der Waals surface area (Å²) >= 11 is 1.69. The molecule has 2 heterocycles. The van der Waals surface area contributed by atoms with E-state index in [1.807, 2.05) is 53.3 Å². The molecule has 3 aromatic carbocycles. The van der Waals surface area contributed by atoms with Crippen molar-refractivity contribution in [2.45, 2.75) is 24.4 Å². The van der Waals surface area contributed by atoms with E-state index in [-0.39, 0.29) is 5.97 Å². The smallest absolute Gasteiger partial charge is 0.338 e. The summed E-state index contributed by atoms with van der Waals surface area (Å²) in [6.07, 6.45) is 3.70. The van der Waals surface area contributed by atoms with E-state index in [4.69, 9.17) is 9.72 Å². The molecule has 5 rings (SSSR count). The highest BCUT2D eigenvalue weighted by molar-refractivity contribution is 7.98. The third kappa shape index (κ3) is 4.75. The number of carbonyl (C=O) groups is 1. The first-order chi connectivity index (χ1) is 16.7. The lowest BCUT2D eigenvalue weighted by atomic mass is 10.2. The van der Waals surface area contributed by atoms with Crippen LogP contribution in [-0.2, 0) is 17.0 Å². The Labute approximate surface area is 202 Å². The lowest BCUT2D eigenvalue weighted by Crippen LogP contribution is -2.04. The molecule has 0 fully saturated rings. The summed E-state index contributed by atoms with van der Waals surface area (Å²) in [5, 5.41) is 5.19. The number of esters is 1. The Morgan fingerprint density at radius 3 is 2.53 bits per heavy atom. The number of hydrogen-bond donors (Lipinski definition) is 0. The van der Waals surface area contributed by atoms with Crippen LogP contribution in [0.1, 0.15) is 28.4 Å². The van der Waals surface area contributed by atoms with Crippen molar-refractivity contribution in [2.75, 3.05) is 6.61 Å². The van der Waals surface area contributed by atoms with Crippen LogP contribution in [0.25, 0.3) is 16.7 Å². The van der Waals surface area contributed by atoms with Gasteiger partial charge in [0.05, 0.1) is 35.4 Å². The molecule has 0 aliphatic carbocycles. The summed E-state index contributed by atoms with van der Waals surface area (Å²) in [5.41, 5.74) is 5.73. The Bertz CT molecular complexity index is 1390. The van der Waals surface area contributed by atoms with E-state index in [2.05, 4.69) is 46.1 Å². The van der Waals surface area contributed by atoms with Gasteiger partial charge in [0.1, 0.15) is 0 Å². The number of fused-ring (bicyclic) bond motifs is 1. The second-order valence-corrected chi connectivity index (χ2v) is 8.74. The first kappa shape index (κ1) is 22.0. The van der Waals surface area contributed by atoms with E-state index in [1.165, 1.54) is 11.1 Å². The third-order valence-electron chi connectivity index (χ3n) is 5.48. The van der Waals surface area contributed by atoms with Crippen LogP contribution in [0.5, 0.6) is 0 Å². The highest BCUT2D eigenvalue weighted by atomic mass is 32.2. The minimum absolute atomic E-state index is 0.325. The number of rotatable bonds is 8. The molecule has 7 heteroatoms. The monoisotopic (exact) mass is 468 g/mol. The maximum absolute atomic E-state index is 12.2. The number of hydrogen-bond acceptors (Lipinski definition) is 5. The van der Waals surface area contributed by atoms with Gasteiger partial charge in [-0.3, -0.25) is 0 Å². The SMILES string of the molecule is CCOC(=O)c1ccc2c(c1)nc(SCc1ccc(-n3cccn3)cc1)n2Cc1ccccc1. The molecule has 0 saturated heterocycles. The van der Waals surface area contributed by atoms with Crippen LogP contribution < -0.4 is 0 Å². The van der Waals surface area contributed by atoms with Gasteiger partial charge < -0.3 is 9.30 Å². The van der Waals surface area contributed by atoms with Crippen LogP contribution in [0.15, 0.2) is 96.4 Å². The van der Waals surface area contributed by atoms with E-state index >= 15 is 0 Å². The number of ether oxygens (including phenoxy) is 1. The van der Waals surface area contributed by atoms with Gasteiger partial charge in [0, 0.05) is 18.1 Å². The summed E-state index contributed by atoms with van der Waals surface area (Å²) in [6.45, 7) is 2.86. The molecule has 170 valence electrons. The Kier molecular flexibility index (Phi) is 6.44. The number of nitrogens with zero attached hydrogens (tertiary/aromatic N) is 4. The van der Waals surface area contributed by atoms with Crippen LogP contribution >= 0.6 is 11.8 Å². The highest BCUT2D eigenvalue weighted by Crippen LogP contribution is 2.29. The van der Waals surface area contributed by atoms with Crippen LogP contribution in [-0.4, -0.2) is 31.9 Å². The number of imidazole rings is 1. The summed E-state index contributed by atoms with van der Waals surface area (Å²) in [5.74, 6) is 0.455. The van der Waals surface area contributed by atoms with E-state index < -0.39 is 0 Å². The Morgan fingerprint density at radius 2 is 1.79 bits per heavy atom. The van der Waals surface area contributed by atoms with E-state index in [1.54, 1.807) is 24.9 Å². The molecule has 6 nitrogen and oxygen atoms in total. The molecule has 0 aliphatic rings. The Balaban J connectivity index is 1.43. The van der Waals surface area contributed by atoms with Crippen LogP contribution in [0.2, 0.25) is 0 Å². The van der Waals surface area contributed by atoms with Crippen molar-refractivity contribution in [1.29, 1.82) is 0 Å². The number of aromatic nitrogens is 4. The first-order valence-electron chi connectivity index (χ1n) is 11.1. The van der Waals surface area contributed by atoms with Gasteiger partial charge >= 0.3 is 5.97 Å². The Morgan fingerprint density at radius 1 is 0.971 bits per heavy atom. The molecule has 0 unspecified atom stereocenters. The molecular weight excluding hydrogens is 444 g/mol. The zero-order valence-electron chi connectivity index (χ0n) is 18.8. The van der Waals surface area contributed by atoms with Gasteiger partial charge in [-0.1, -0.05) is 54.2 Å². The fraction of sp³-hybridized carbons (Fsp3) is 0.148. The molecule has 0 atom stereocenters. The van der Waals surface area contributed by atoms with Gasteiger partial charge in [0.25, 0.3) is 0 Å². The molecule has 0 N–H and O–H groups in total. The summed E-state index contributed by atoms with van der Waals surface area (Å²) in [7, 11) is 0. The fourth-order valence-corrected chi connectivity index (χ4v) is 4.76. The van der Waals surface area contributed by atoms with E-state index in [9.17, 15) is 4.79 Å². The third-order valence-corrected chi connectivity index (χ3v) is 6.53. The minimum atomic E-state index is -0.325. The molecule has 5 aromatic rings. The van der Waals surface area contributed by atoms with Gasteiger partial charge in [0.15, 0.2) is 5.16 Å². The molecule has 0 spiro atoms. The Hall–Kier alpha value is -3.84. The van der Waals surface area contributed by atoms with Gasteiger partial charge in [-0.15, -0.1) is 0 Å². The lowest BCUT2D eigenvalue weighted by Gasteiger charge is -2.10. The summed E-state index contributed by atoms with van der Waals surface area (Å²) < 4.78 is 9.22. The predicted octanol–water partition coefficient (Wildman–Crippen LogP) is 5.74. The maximum atomic E-state index is 12.2. The highest BCUT2D eigenvalue weighted by Gasteiger charge is 2.15. The van der Waals surface area contributed by atoms with Gasteiger partial charge in [-0.05, 0) is 54.4 Å². The molecular formula is C27H24N4O2S. The maximum Gasteiger partial charge on any atom is 0.338 e. The molecule has 0 bridgehead atoms. The topological polar surface area (TPSA) is 61.9 Å². The van der Waals surface area contributed by atoms with Crippen molar-refractivity contribution >= 4 is 28.8 Å². The zero-order chi connectivity index (χ0) is 23.3. The molecule has 2 aromatic heterocycles. The molecule has 0 radical (unpaired) electrons. The van der Waals surface area contributed by atoms with Crippen molar-refractivity contribution in [3.8, 4) is 5.69 Å². The average Bonchev–Trinajstić information content (AvgIpc) is 3.52. The molecule has 0 saturated carbocycles. The van der Waals surface area contributed by atoms with Gasteiger partial charge in [-0.25, -0.2) is 14.5 Å². The fourth-order valence-electron chi connectivity index (χ4n) is 3.79. The molecule has 0 amide bonds. The largest absolute Gasteiger partial charge is 0.462 e. The summed E-state index contributed by atoms with van der Waals surface area (Å²) in [4.78, 5) is 17.1. The number of carbonyl (C=O) groups excluding carboxylic acids is 1. The van der Waals surface area contributed by atoms with Crippen molar-refractivity contribution < 1.29 is 9.53 Å². The second-order valence-electron chi connectivity index (χ2n) is 7.80. The van der Waals surface area contributed by atoms with Crippen LogP contribution in [0.4, 0.5) is 0 Å².